The van der Waals surface area contributed by atoms with E-state index in [1.54, 1.807) is 7.11 Å². The van der Waals surface area contributed by atoms with Crippen molar-refractivity contribution < 1.29 is 14.6 Å². The molecule has 2 N–H and O–H groups in total. The monoisotopic (exact) mass is 397 g/mol. The predicted molar refractivity (Wildman–Crippen MR) is 114 cm³/mol. The lowest BCUT2D eigenvalue weighted by Crippen LogP contribution is -2.31. The predicted octanol–water partition coefficient (Wildman–Crippen LogP) is 3.95. The van der Waals surface area contributed by atoms with Crippen LogP contribution in [0.5, 0.6) is 11.5 Å². The molecule has 156 valence electrons. The van der Waals surface area contributed by atoms with Gasteiger partial charge in [0.25, 0.3) is 0 Å². The number of rotatable bonds is 11. The molecular formula is C23H31N3O3. The third kappa shape index (κ3) is 5.21. The van der Waals surface area contributed by atoms with Crippen molar-refractivity contribution >= 4 is 11.0 Å². The SMILES string of the molecule is CCCCCCn1c(=N)n(C[C@H](O)COc2ccc(OC)cc2)c2ccccc21. The Kier molecular flexibility index (Phi) is 7.36. The van der Waals surface area contributed by atoms with Crippen LogP contribution in [0.2, 0.25) is 0 Å². The summed E-state index contributed by atoms with van der Waals surface area (Å²) >= 11 is 0. The highest BCUT2D eigenvalue weighted by atomic mass is 16.5. The van der Waals surface area contributed by atoms with E-state index in [0.717, 1.165) is 29.7 Å². The smallest absolute Gasteiger partial charge is 0.203 e. The molecule has 2 aromatic carbocycles. The van der Waals surface area contributed by atoms with Crippen molar-refractivity contribution in [2.75, 3.05) is 13.7 Å². The maximum Gasteiger partial charge on any atom is 0.203 e. The fourth-order valence-electron chi connectivity index (χ4n) is 3.53. The summed E-state index contributed by atoms with van der Waals surface area (Å²) in [5.74, 6) is 1.44. The minimum atomic E-state index is -0.717. The van der Waals surface area contributed by atoms with E-state index in [1.165, 1.54) is 19.3 Å². The molecular weight excluding hydrogens is 366 g/mol. The number of aromatic nitrogens is 2. The van der Waals surface area contributed by atoms with E-state index in [2.05, 4.69) is 6.92 Å². The highest BCUT2D eigenvalue weighted by Crippen LogP contribution is 2.18. The molecule has 0 aliphatic carbocycles. The number of imidazole rings is 1. The molecule has 0 spiro atoms. The summed E-state index contributed by atoms with van der Waals surface area (Å²) in [5.41, 5.74) is 2.43. The van der Waals surface area contributed by atoms with Crippen LogP contribution < -0.4 is 15.1 Å². The molecule has 0 unspecified atom stereocenters. The molecule has 6 nitrogen and oxygen atoms in total. The first-order valence-electron chi connectivity index (χ1n) is 10.3. The van der Waals surface area contributed by atoms with Crippen LogP contribution in [0.25, 0.3) is 11.0 Å². The Morgan fingerprint density at radius 1 is 0.931 bits per heavy atom. The van der Waals surface area contributed by atoms with Crippen LogP contribution >= 0.6 is 0 Å². The minimum absolute atomic E-state index is 0.161. The number of aliphatic hydroxyl groups excluding tert-OH is 1. The zero-order valence-corrected chi connectivity index (χ0v) is 17.3. The third-order valence-electron chi connectivity index (χ3n) is 5.11. The Morgan fingerprint density at radius 2 is 1.59 bits per heavy atom. The number of hydrogen-bond acceptors (Lipinski definition) is 4. The highest BCUT2D eigenvalue weighted by Gasteiger charge is 2.14. The van der Waals surface area contributed by atoms with Crippen LogP contribution in [0, 0.1) is 5.41 Å². The summed E-state index contributed by atoms with van der Waals surface area (Å²) in [6.45, 7) is 3.50. The molecule has 0 radical (unpaired) electrons. The van der Waals surface area contributed by atoms with Crippen molar-refractivity contribution in [2.45, 2.75) is 51.8 Å². The zero-order chi connectivity index (χ0) is 20.6. The van der Waals surface area contributed by atoms with E-state index in [1.807, 2.05) is 57.7 Å². The van der Waals surface area contributed by atoms with Crippen LogP contribution in [-0.4, -0.2) is 34.1 Å². The van der Waals surface area contributed by atoms with Gasteiger partial charge in [-0.25, -0.2) is 0 Å². The first-order chi connectivity index (χ1) is 14.1. The Hall–Kier alpha value is -2.73. The number of benzene rings is 2. The molecule has 0 bridgehead atoms. The highest BCUT2D eigenvalue weighted by molar-refractivity contribution is 5.75. The van der Waals surface area contributed by atoms with Crippen LogP contribution in [-0.2, 0) is 13.1 Å². The van der Waals surface area contributed by atoms with Gasteiger partial charge in [0, 0.05) is 6.54 Å². The first kappa shape index (κ1) is 21.0. The first-order valence-corrected chi connectivity index (χ1v) is 10.3. The number of aryl methyl sites for hydroxylation is 1. The molecule has 0 aliphatic heterocycles. The van der Waals surface area contributed by atoms with Gasteiger partial charge in [-0.3, -0.25) is 5.41 Å². The summed E-state index contributed by atoms with van der Waals surface area (Å²) in [6, 6.07) is 15.3. The van der Waals surface area contributed by atoms with Crippen molar-refractivity contribution in [3.8, 4) is 11.5 Å². The molecule has 29 heavy (non-hydrogen) atoms. The second kappa shape index (κ2) is 10.2. The molecule has 0 aliphatic rings. The van der Waals surface area contributed by atoms with Crippen molar-refractivity contribution in [1.82, 2.24) is 9.13 Å². The number of nitrogens with one attached hydrogen (secondary N) is 1. The average molecular weight is 398 g/mol. The van der Waals surface area contributed by atoms with Gasteiger partial charge in [0.05, 0.1) is 24.7 Å². The molecule has 1 heterocycles. The number of methoxy groups -OCH3 is 1. The standard InChI is InChI=1S/C23H31N3O3/c1-3-4-5-8-15-25-21-9-6-7-10-22(21)26(23(25)24)16-18(27)17-29-20-13-11-19(28-2)12-14-20/h6-7,9-14,18,24,27H,3-5,8,15-17H2,1-2H3/t18-/m0/s1. The van der Waals surface area contributed by atoms with Crippen molar-refractivity contribution in [1.29, 1.82) is 5.41 Å². The summed E-state index contributed by atoms with van der Waals surface area (Å²) in [5, 5.41) is 19.2. The van der Waals surface area contributed by atoms with Gasteiger partial charge < -0.3 is 23.7 Å². The Morgan fingerprint density at radius 3 is 2.24 bits per heavy atom. The average Bonchev–Trinajstić information content (AvgIpc) is 3.01. The van der Waals surface area contributed by atoms with Gasteiger partial charge in [-0.1, -0.05) is 38.3 Å². The van der Waals surface area contributed by atoms with Gasteiger partial charge in [-0.15, -0.1) is 0 Å². The summed E-state index contributed by atoms with van der Waals surface area (Å²) in [6.07, 6.45) is 3.92. The topological polar surface area (TPSA) is 72.4 Å². The van der Waals surface area contributed by atoms with Crippen LogP contribution in [0.4, 0.5) is 0 Å². The number of unbranched alkanes of at least 4 members (excludes halogenated alkanes) is 3. The molecule has 0 saturated heterocycles. The van der Waals surface area contributed by atoms with E-state index in [0.29, 0.717) is 17.9 Å². The summed E-state index contributed by atoms with van der Waals surface area (Å²) < 4.78 is 14.8. The quantitative estimate of drug-likeness (QED) is 0.481. The normalized spacial score (nSPS) is 12.2. The van der Waals surface area contributed by atoms with Gasteiger partial charge in [0.15, 0.2) is 0 Å². The lowest BCUT2D eigenvalue weighted by Gasteiger charge is -2.14. The van der Waals surface area contributed by atoms with Crippen LogP contribution in [0.3, 0.4) is 0 Å². The van der Waals surface area contributed by atoms with Gasteiger partial charge in [0.1, 0.15) is 24.2 Å². The third-order valence-corrected chi connectivity index (χ3v) is 5.11. The van der Waals surface area contributed by atoms with E-state index in [9.17, 15) is 5.11 Å². The van der Waals surface area contributed by atoms with Crippen LogP contribution in [0.15, 0.2) is 48.5 Å². The molecule has 3 aromatic rings. The van der Waals surface area contributed by atoms with E-state index < -0.39 is 6.10 Å². The Labute approximate surface area is 171 Å². The lowest BCUT2D eigenvalue weighted by molar-refractivity contribution is 0.0920. The molecule has 0 saturated carbocycles. The van der Waals surface area contributed by atoms with Crippen molar-refractivity contribution in [2.24, 2.45) is 0 Å². The molecule has 1 aromatic heterocycles. The summed E-state index contributed by atoms with van der Waals surface area (Å²) in [7, 11) is 1.62. The lowest BCUT2D eigenvalue weighted by atomic mass is 10.2. The Balaban J connectivity index is 1.69. The van der Waals surface area contributed by atoms with Crippen molar-refractivity contribution in [3.05, 3.63) is 54.1 Å². The number of aliphatic hydroxyl groups is 1. The maximum absolute atomic E-state index is 10.5. The number of ether oxygens (including phenoxy) is 2. The van der Waals surface area contributed by atoms with Crippen molar-refractivity contribution in [3.63, 3.8) is 0 Å². The van der Waals surface area contributed by atoms with Crippen LogP contribution in [0.1, 0.15) is 32.6 Å². The number of nitrogens with zero attached hydrogens (tertiary/aromatic N) is 2. The molecule has 1 atom stereocenters. The van der Waals surface area contributed by atoms with E-state index in [4.69, 9.17) is 14.9 Å². The van der Waals surface area contributed by atoms with Gasteiger partial charge in [0.2, 0.25) is 5.62 Å². The summed E-state index contributed by atoms with van der Waals surface area (Å²) in [4.78, 5) is 0. The van der Waals surface area contributed by atoms with Gasteiger partial charge in [-0.05, 0) is 42.8 Å². The molecule has 6 heteroatoms. The number of fused-ring (bicyclic) bond motifs is 1. The van der Waals surface area contributed by atoms with E-state index >= 15 is 0 Å². The molecule has 0 fully saturated rings. The van der Waals surface area contributed by atoms with Gasteiger partial charge >= 0.3 is 0 Å². The Bertz CT molecular complexity index is 960. The second-order valence-electron chi connectivity index (χ2n) is 7.28. The fraction of sp³-hybridized carbons (Fsp3) is 0.435. The number of para-hydroxylation sites is 2. The molecule has 0 amide bonds. The van der Waals surface area contributed by atoms with Gasteiger partial charge in [-0.2, -0.15) is 0 Å². The number of hydrogen-bond donors (Lipinski definition) is 2. The van der Waals surface area contributed by atoms with E-state index in [-0.39, 0.29) is 6.61 Å². The largest absolute Gasteiger partial charge is 0.497 e. The fourth-order valence-corrected chi connectivity index (χ4v) is 3.53. The zero-order valence-electron chi connectivity index (χ0n) is 17.3. The second-order valence-corrected chi connectivity index (χ2v) is 7.28. The minimum Gasteiger partial charge on any atom is -0.497 e. The molecule has 3 rings (SSSR count). The maximum atomic E-state index is 10.5.